The highest BCUT2D eigenvalue weighted by Gasteiger charge is 2.10. The molecule has 138 valence electrons. The van der Waals surface area contributed by atoms with E-state index in [0.29, 0.717) is 29.4 Å². The summed E-state index contributed by atoms with van der Waals surface area (Å²) in [6.07, 6.45) is 1.40. The van der Waals surface area contributed by atoms with Crippen LogP contribution < -0.4 is 14.8 Å². The van der Waals surface area contributed by atoms with Crippen LogP contribution in [0.25, 0.3) is 6.08 Å². The third-order valence-electron chi connectivity index (χ3n) is 3.32. The number of anilines is 1. The molecule has 0 radical (unpaired) electrons. The smallest absolute Gasteiger partial charge is 0.341 e. The van der Waals surface area contributed by atoms with E-state index in [0.717, 1.165) is 0 Å². The molecule has 0 atom stereocenters. The van der Waals surface area contributed by atoms with Crippen molar-refractivity contribution in [2.75, 3.05) is 18.5 Å². The summed E-state index contributed by atoms with van der Waals surface area (Å²) in [4.78, 5) is 22.9. The summed E-state index contributed by atoms with van der Waals surface area (Å²) in [5.74, 6) is -0.637. The minimum atomic E-state index is -1.09. The highest BCUT2D eigenvalue weighted by Crippen LogP contribution is 2.18. The van der Waals surface area contributed by atoms with Gasteiger partial charge in [-0.1, -0.05) is 12.1 Å². The summed E-state index contributed by atoms with van der Waals surface area (Å²) in [5.41, 5.74) is 0.971. The second-order valence-electron chi connectivity index (χ2n) is 5.34. The first-order valence-electron chi connectivity index (χ1n) is 8.12. The van der Waals surface area contributed by atoms with Crippen LogP contribution in [0, 0.1) is 11.3 Å². The number of aliphatic carboxylic acids is 1. The molecule has 0 aliphatic rings. The standard InChI is InChI=1S/C20H18N2O5/c1-2-26-17-8-6-16(7-9-17)22-20(25)15(12-21)10-14-4-3-5-18(11-14)27-13-19(23)24/h3-11H,2,13H2,1H3,(H,22,25)(H,23,24)/b15-10-. The van der Waals surface area contributed by atoms with E-state index in [1.165, 1.54) is 6.08 Å². The van der Waals surface area contributed by atoms with Gasteiger partial charge in [0.25, 0.3) is 5.91 Å². The number of hydrogen-bond acceptors (Lipinski definition) is 5. The van der Waals surface area contributed by atoms with Gasteiger partial charge in [0.1, 0.15) is 23.1 Å². The SMILES string of the molecule is CCOc1ccc(NC(=O)/C(C#N)=C\c2cccc(OCC(=O)O)c2)cc1. The number of ether oxygens (including phenoxy) is 2. The van der Waals surface area contributed by atoms with Gasteiger partial charge in [0.15, 0.2) is 6.61 Å². The van der Waals surface area contributed by atoms with Crippen LogP contribution in [0.2, 0.25) is 0 Å². The minimum Gasteiger partial charge on any atom is -0.494 e. The fraction of sp³-hybridized carbons (Fsp3) is 0.150. The number of hydrogen-bond donors (Lipinski definition) is 2. The molecule has 0 aromatic heterocycles. The maximum absolute atomic E-state index is 12.3. The Kier molecular flexibility index (Phi) is 6.97. The number of amides is 1. The van der Waals surface area contributed by atoms with Gasteiger partial charge in [-0.15, -0.1) is 0 Å². The molecule has 2 aromatic rings. The summed E-state index contributed by atoms with van der Waals surface area (Å²) >= 11 is 0. The van der Waals surface area contributed by atoms with Crippen molar-refractivity contribution in [1.82, 2.24) is 0 Å². The van der Waals surface area contributed by atoms with Crippen LogP contribution in [0.1, 0.15) is 12.5 Å². The number of benzene rings is 2. The summed E-state index contributed by atoms with van der Waals surface area (Å²) < 4.78 is 10.4. The lowest BCUT2D eigenvalue weighted by Crippen LogP contribution is -2.13. The molecule has 0 unspecified atom stereocenters. The first-order chi connectivity index (χ1) is 13.0. The Labute approximate surface area is 156 Å². The monoisotopic (exact) mass is 366 g/mol. The lowest BCUT2D eigenvalue weighted by atomic mass is 10.1. The van der Waals surface area contributed by atoms with E-state index in [9.17, 15) is 14.9 Å². The molecule has 0 heterocycles. The van der Waals surface area contributed by atoms with E-state index in [1.54, 1.807) is 48.5 Å². The number of nitriles is 1. The predicted molar refractivity (Wildman–Crippen MR) is 99.4 cm³/mol. The normalized spacial score (nSPS) is 10.6. The molecular weight excluding hydrogens is 348 g/mol. The fourth-order valence-corrected chi connectivity index (χ4v) is 2.15. The Morgan fingerprint density at radius 2 is 1.89 bits per heavy atom. The molecule has 0 saturated carbocycles. The first-order valence-corrected chi connectivity index (χ1v) is 8.12. The van der Waals surface area contributed by atoms with Gasteiger partial charge in [0.05, 0.1) is 6.61 Å². The fourth-order valence-electron chi connectivity index (χ4n) is 2.15. The van der Waals surface area contributed by atoms with Gasteiger partial charge in [-0.05, 0) is 55.0 Å². The number of nitrogens with one attached hydrogen (secondary N) is 1. The van der Waals surface area contributed by atoms with Crippen LogP contribution in [-0.2, 0) is 9.59 Å². The Hall–Kier alpha value is -3.79. The molecule has 1 amide bonds. The largest absolute Gasteiger partial charge is 0.494 e. The van der Waals surface area contributed by atoms with Crippen LogP contribution in [0.15, 0.2) is 54.1 Å². The van der Waals surface area contributed by atoms with E-state index in [4.69, 9.17) is 14.6 Å². The molecule has 7 nitrogen and oxygen atoms in total. The molecule has 0 spiro atoms. The van der Waals surface area contributed by atoms with E-state index in [-0.39, 0.29) is 5.57 Å². The van der Waals surface area contributed by atoms with Crippen LogP contribution in [0.3, 0.4) is 0 Å². The van der Waals surface area contributed by atoms with Crippen molar-refractivity contribution in [1.29, 1.82) is 5.26 Å². The summed E-state index contributed by atoms with van der Waals surface area (Å²) in [7, 11) is 0. The Bertz CT molecular complexity index is 882. The zero-order chi connectivity index (χ0) is 19.6. The third kappa shape index (κ3) is 6.21. The third-order valence-corrected chi connectivity index (χ3v) is 3.32. The highest BCUT2D eigenvalue weighted by atomic mass is 16.5. The van der Waals surface area contributed by atoms with E-state index >= 15 is 0 Å². The maximum atomic E-state index is 12.3. The van der Waals surface area contributed by atoms with Crippen molar-refractivity contribution < 1.29 is 24.2 Å². The minimum absolute atomic E-state index is 0.0979. The summed E-state index contributed by atoms with van der Waals surface area (Å²) in [5, 5.41) is 20.6. The summed E-state index contributed by atoms with van der Waals surface area (Å²) in [6.45, 7) is 1.94. The van der Waals surface area contributed by atoms with Crippen molar-refractivity contribution in [3.8, 4) is 17.6 Å². The predicted octanol–water partition coefficient (Wildman–Crippen LogP) is 3.09. The van der Waals surface area contributed by atoms with Crippen LogP contribution in [0.5, 0.6) is 11.5 Å². The molecule has 2 N–H and O–H groups in total. The quantitative estimate of drug-likeness (QED) is 0.549. The van der Waals surface area contributed by atoms with Crippen LogP contribution >= 0.6 is 0 Å². The van der Waals surface area contributed by atoms with E-state index < -0.39 is 18.5 Å². The number of rotatable bonds is 8. The van der Waals surface area contributed by atoms with Crippen molar-refractivity contribution in [2.24, 2.45) is 0 Å². The van der Waals surface area contributed by atoms with Crippen molar-refractivity contribution in [3.05, 3.63) is 59.7 Å². The van der Waals surface area contributed by atoms with Crippen LogP contribution in [0.4, 0.5) is 5.69 Å². The van der Waals surface area contributed by atoms with Gasteiger partial charge >= 0.3 is 5.97 Å². The van der Waals surface area contributed by atoms with E-state index in [2.05, 4.69) is 5.32 Å². The molecular formula is C20H18N2O5. The van der Waals surface area contributed by atoms with Gasteiger partial charge < -0.3 is 19.9 Å². The number of carbonyl (C=O) groups is 2. The van der Waals surface area contributed by atoms with Crippen molar-refractivity contribution in [3.63, 3.8) is 0 Å². The topological polar surface area (TPSA) is 109 Å². The highest BCUT2D eigenvalue weighted by molar-refractivity contribution is 6.09. The molecule has 0 aliphatic heterocycles. The van der Waals surface area contributed by atoms with Gasteiger partial charge in [-0.2, -0.15) is 5.26 Å². The summed E-state index contributed by atoms with van der Waals surface area (Å²) in [6, 6.07) is 15.1. The molecule has 0 bridgehead atoms. The molecule has 2 rings (SSSR count). The van der Waals surface area contributed by atoms with Crippen molar-refractivity contribution in [2.45, 2.75) is 6.92 Å². The second-order valence-corrected chi connectivity index (χ2v) is 5.34. The second kappa shape index (κ2) is 9.63. The number of carboxylic acid groups (broad SMARTS) is 1. The van der Waals surface area contributed by atoms with E-state index in [1.807, 2.05) is 13.0 Å². The average Bonchev–Trinajstić information content (AvgIpc) is 2.66. The molecule has 27 heavy (non-hydrogen) atoms. The van der Waals surface area contributed by atoms with Gasteiger partial charge in [0.2, 0.25) is 0 Å². The molecule has 0 fully saturated rings. The molecule has 0 saturated heterocycles. The zero-order valence-corrected chi connectivity index (χ0v) is 14.6. The van der Waals surface area contributed by atoms with Gasteiger partial charge in [0, 0.05) is 5.69 Å². The molecule has 2 aromatic carbocycles. The Morgan fingerprint density at radius 3 is 2.52 bits per heavy atom. The first kappa shape index (κ1) is 19.5. The lowest BCUT2D eigenvalue weighted by Gasteiger charge is -2.07. The average molecular weight is 366 g/mol. The van der Waals surface area contributed by atoms with Crippen LogP contribution in [-0.4, -0.2) is 30.2 Å². The molecule has 0 aliphatic carbocycles. The van der Waals surface area contributed by atoms with Gasteiger partial charge in [-0.25, -0.2) is 4.79 Å². The van der Waals surface area contributed by atoms with Gasteiger partial charge in [-0.3, -0.25) is 4.79 Å². The maximum Gasteiger partial charge on any atom is 0.341 e. The molecule has 7 heteroatoms. The lowest BCUT2D eigenvalue weighted by molar-refractivity contribution is -0.139. The zero-order valence-electron chi connectivity index (χ0n) is 14.6. The van der Waals surface area contributed by atoms with Crippen molar-refractivity contribution >= 4 is 23.6 Å². The number of carbonyl (C=O) groups excluding carboxylic acids is 1. The Morgan fingerprint density at radius 1 is 1.15 bits per heavy atom. The Balaban J connectivity index is 2.10. The number of carboxylic acids is 1. The number of nitrogens with zero attached hydrogens (tertiary/aromatic N) is 1.